The van der Waals surface area contributed by atoms with Crippen molar-refractivity contribution in [1.82, 2.24) is 9.97 Å². The SMILES string of the molecule is CCNc1cc(N(C)CCOCC)nc(C2CC2)n1. The normalized spacial score (nSPS) is 14.5. The summed E-state index contributed by atoms with van der Waals surface area (Å²) in [6.07, 6.45) is 2.44. The number of hydrogen-bond donors (Lipinski definition) is 1. The van der Waals surface area contributed by atoms with Crippen molar-refractivity contribution >= 4 is 11.6 Å². The molecule has 1 heterocycles. The lowest BCUT2D eigenvalue weighted by atomic mass is 10.3. The van der Waals surface area contributed by atoms with Crippen molar-refractivity contribution in [2.45, 2.75) is 32.6 Å². The number of likely N-dealkylation sites (N-methyl/N-ethyl adjacent to an activating group) is 1. The first-order valence-corrected chi connectivity index (χ1v) is 7.16. The van der Waals surface area contributed by atoms with Crippen LogP contribution in [-0.4, -0.2) is 43.3 Å². The van der Waals surface area contributed by atoms with Gasteiger partial charge in [-0.1, -0.05) is 0 Å². The molecule has 0 bridgehead atoms. The van der Waals surface area contributed by atoms with Gasteiger partial charge in [0.15, 0.2) is 0 Å². The molecule has 0 atom stereocenters. The number of rotatable bonds is 8. The van der Waals surface area contributed by atoms with Crippen LogP contribution in [0.5, 0.6) is 0 Å². The maximum Gasteiger partial charge on any atom is 0.136 e. The molecule has 1 N–H and O–H groups in total. The number of hydrogen-bond acceptors (Lipinski definition) is 5. The summed E-state index contributed by atoms with van der Waals surface area (Å²) < 4.78 is 5.39. The fourth-order valence-corrected chi connectivity index (χ4v) is 1.90. The van der Waals surface area contributed by atoms with E-state index in [2.05, 4.69) is 27.1 Å². The zero-order valence-corrected chi connectivity index (χ0v) is 12.1. The second kappa shape index (κ2) is 6.70. The van der Waals surface area contributed by atoms with E-state index in [9.17, 15) is 0 Å². The van der Waals surface area contributed by atoms with Crippen molar-refractivity contribution in [2.24, 2.45) is 0 Å². The summed E-state index contributed by atoms with van der Waals surface area (Å²) in [5.74, 6) is 3.46. The van der Waals surface area contributed by atoms with E-state index in [0.717, 1.165) is 43.8 Å². The molecule has 0 spiro atoms. The zero-order chi connectivity index (χ0) is 13.7. The minimum atomic E-state index is 0.567. The van der Waals surface area contributed by atoms with E-state index in [1.165, 1.54) is 12.8 Å². The fourth-order valence-electron chi connectivity index (χ4n) is 1.90. The summed E-state index contributed by atoms with van der Waals surface area (Å²) in [5.41, 5.74) is 0. The van der Waals surface area contributed by atoms with E-state index in [1.54, 1.807) is 0 Å². The smallest absolute Gasteiger partial charge is 0.136 e. The molecule has 0 unspecified atom stereocenters. The van der Waals surface area contributed by atoms with Gasteiger partial charge in [0.05, 0.1) is 6.61 Å². The summed E-state index contributed by atoms with van der Waals surface area (Å²) in [5, 5.41) is 3.28. The monoisotopic (exact) mass is 264 g/mol. The average Bonchev–Trinajstić information content (AvgIpc) is 3.23. The van der Waals surface area contributed by atoms with Crippen molar-refractivity contribution in [3.8, 4) is 0 Å². The number of nitrogens with one attached hydrogen (secondary N) is 1. The van der Waals surface area contributed by atoms with Gasteiger partial charge in [0.1, 0.15) is 17.5 Å². The maximum absolute atomic E-state index is 5.39. The molecule has 19 heavy (non-hydrogen) atoms. The minimum absolute atomic E-state index is 0.567. The highest BCUT2D eigenvalue weighted by Gasteiger charge is 2.27. The Morgan fingerprint density at radius 3 is 2.79 bits per heavy atom. The molecule has 1 aromatic heterocycles. The van der Waals surface area contributed by atoms with Gasteiger partial charge in [-0.2, -0.15) is 0 Å². The molecule has 2 rings (SSSR count). The molecule has 0 aliphatic heterocycles. The van der Waals surface area contributed by atoms with Crippen molar-refractivity contribution < 1.29 is 4.74 Å². The Balaban J connectivity index is 2.08. The van der Waals surface area contributed by atoms with Crippen LogP contribution in [0, 0.1) is 0 Å². The molecule has 0 radical (unpaired) electrons. The van der Waals surface area contributed by atoms with Crippen LogP contribution >= 0.6 is 0 Å². The molecule has 1 aromatic rings. The van der Waals surface area contributed by atoms with Crippen molar-refractivity contribution in [1.29, 1.82) is 0 Å². The third-order valence-electron chi connectivity index (χ3n) is 3.20. The molecule has 0 aromatic carbocycles. The molecule has 0 amide bonds. The Bertz CT molecular complexity index is 406. The van der Waals surface area contributed by atoms with Gasteiger partial charge in [-0.05, 0) is 26.7 Å². The molecule has 1 saturated carbocycles. The van der Waals surface area contributed by atoms with Crippen LogP contribution in [0.4, 0.5) is 11.6 Å². The van der Waals surface area contributed by atoms with Gasteiger partial charge in [-0.3, -0.25) is 0 Å². The lowest BCUT2D eigenvalue weighted by Gasteiger charge is -2.19. The van der Waals surface area contributed by atoms with Crippen LogP contribution in [0.3, 0.4) is 0 Å². The van der Waals surface area contributed by atoms with E-state index >= 15 is 0 Å². The molecule has 0 saturated heterocycles. The van der Waals surface area contributed by atoms with Gasteiger partial charge in [0.25, 0.3) is 0 Å². The van der Waals surface area contributed by atoms with Crippen LogP contribution < -0.4 is 10.2 Å². The first-order valence-electron chi connectivity index (χ1n) is 7.16. The standard InChI is InChI=1S/C14H24N4O/c1-4-15-12-10-13(18(3)8-9-19-5-2)17-14(16-12)11-6-7-11/h10-11H,4-9H2,1-3H3,(H,15,16,17). The highest BCUT2D eigenvalue weighted by atomic mass is 16.5. The van der Waals surface area contributed by atoms with Crippen molar-refractivity contribution in [3.63, 3.8) is 0 Å². The molecule has 1 fully saturated rings. The van der Waals surface area contributed by atoms with Crippen molar-refractivity contribution in [2.75, 3.05) is 43.6 Å². The number of anilines is 2. The van der Waals surface area contributed by atoms with Gasteiger partial charge < -0.3 is 15.0 Å². The van der Waals surface area contributed by atoms with Gasteiger partial charge in [-0.25, -0.2) is 9.97 Å². The maximum atomic E-state index is 5.39. The summed E-state index contributed by atoms with van der Waals surface area (Å²) in [6, 6.07) is 2.02. The Kier molecular flexibility index (Phi) is 4.96. The number of ether oxygens (including phenoxy) is 1. The van der Waals surface area contributed by atoms with E-state index in [-0.39, 0.29) is 0 Å². The quantitative estimate of drug-likeness (QED) is 0.730. The van der Waals surface area contributed by atoms with E-state index in [4.69, 9.17) is 4.74 Å². The van der Waals surface area contributed by atoms with E-state index < -0.39 is 0 Å². The molecule has 1 aliphatic rings. The van der Waals surface area contributed by atoms with Crippen LogP contribution in [0.25, 0.3) is 0 Å². The van der Waals surface area contributed by atoms with Crippen LogP contribution in [-0.2, 0) is 4.74 Å². The lowest BCUT2D eigenvalue weighted by Crippen LogP contribution is -2.24. The van der Waals surface area contributed by atoms with Crippen LogP contribution in [0.1, 0.15) is 38.4 Å². The first kappa shape index (κ1) is 14.1. The lowest BCUT2D eigenvalue weighted by molar-refractivity contribution is 0.154. The molecule has 106 valence electrons. The summed E-state index contributed by atoms with van der Waals surface area (Å²) in [4.78, 5) is 11.4. The topological polar surface area (TPSA) is 50.3 Å². The van der Waals surface area contributed by atoms with Gasteiger partial charge in [-0.15, -0.1) is 0 Å². The Morgan fingerprint density at radius 2 is 2.16 bits per heavy atom. The number of nitrogens with zero attached hydrogens (tertiary/aromatic N) is 3. The predicted molar refractivity (Wildman–Crippen MR) is 77.9 cm³/mol. The fraction of sp³-hybridized carbons (Fsp3) is 0.714. The third-order valence-corrected chi connectivity index (χ3v) is 3.20. The number of aromatic nitrogens is 2. The predicted octanol–water partition coefficient (Wildman–Crippen LogP) is 2.26. The second-order valence-electron chi connectivity index (χ2n) is 4.89. The highest BCUT2D eigenvalue weighted by molar-refractivity contribution is 5.49. The van der Waals surface area contributed by atoms with Crippen molar-refractivity contribution in [3.05, 3.63) is 11.9 Å². The Hall–Kier alpha value is -1.36. The largest absolute Gasteiger partial charge is 0.380 e. The summed E-state index contributed by atoms with van der Waals surface area (Å²) >= 11 is 0. The van der Waals surface area contributed by atoms with E-state index in [1.807, 2.05) is 20.0 Å². The Morgan fingerprint density at radius 1 is 1.37 bits per heavy atom. The zero-order valence-electron chi connectivity index (χ0n) is 12.1. The van der Waals surface area contributed by atoms with E-state index in [0.29, 0.717) is 5.92 Å². The minimum Gasteiger partial charge on any atom is -0.380 e. The molecular formula is C14H24N4O. The summed E-state index contributed by atoms with van der Waals surface area (Å²) in [6.45, 7) is 7.31. The third kappa shape index (κ3) is 4.06. The summed E-state index contributed by atoms with van der Waals surface area (Å²) in [7, 11) is 2.05. The molecule has 1 aliphatic carbocycles. The van der Waals surface area contributed by atoms with Gasteiger partial charge in [0, 0.05) is 38.7 Å². The molecular weight excluding hydrogens is 240 g/mol. The van der Waals surface area contributed by atoms with Gasteiger partial charge in [0.2, 0.25) is 0 Å². The highest BCUT2D eigenvalue weighted by Crippen LogP contribution is 2.39. The Labute approximate surface area is 115 Å². The van der Waals surface area contributed by atoms with Crippen LogP contribution in [0.15, 0.2) is 6.07 Å². The van der Waals surface area contributed by atoms with Gasteiger partial charge >= 0.3 is 0 Å². The van der Waals surface area contributed by atoms with Crippen LogP contribution in [0.2, 0.25) is 0 Å². The first-order chi connectivity index (χ1) is 9.24. The average molecular weight is 264 g/mol. The molecule has 5 nitrogen and oxygen atoms in total. The second-order valence-corrected chi connectivity index (χ2v) is 4.89. The molecule has 5 heteroatoms.